The number of esters is 1. The number of hydrogen-bond acceptors (Lipinski definition) is 5. The molecule has 0 fully saturated rings. The first-order valence-electron chi connectivity index (χ1n) is 6.16. The SMILES string of the molecule is Cc1cc(NC(=O)C(C)OC(=O)c2ccc(Br)cc2)no1. The maximum Gasteiger partial charge on any atom is 0.338 e. The second kappa shape index (κ2) is 6.53. The lowest BCUT2D eigenvalue weighted by Crippen LogP contribution is -2.30. The first-order valence-corrected chi connectivity index (χ1v) is 6.96. The molecule has 6 nitrogen and oxygen atoms in total. The van der Waals surface area contributed by atoms with Crippen molar-refractivity contribution in [3.05, 3.63) is 46.1 Å². The average Bonchev–Trinajstić information content (AvgIpc) is 2.84. The molecule has 1 aromatic carbocycles. The first-order chi connectivity index (χ1) is 9.95. The Balaban J connectivity index is 1.93. The molecule has 1 N–H and O–H groups in total. The predicted octanol–water partition coefficient (Wildman–Crippen LogP) is 2.93. The number of ether oxygens (including phenoxy) is 1. The standard InChI is InChI=1S/C14H13BrN2O4/c1-8-7-12(17-21-8)16-13(18)9(2)20-14(19)10-3-5-11(15)6-4-10/h3-7,9H,1-2H3,(H,16,17,18). The van der Waals surface area contributed by atoms with Gasteiger partial charge in [0.1, 0.15) is 5.76 Å². The van der Waals surface area contributed by atoms with Crippen molar-refractivity contribution >= 4 is 33.6 Å². The van der Waals surface area contributed by atoms with Crippen LogP contribution in [0.25, 0.3) is 0 Å². The van der Waals surface area contributed by atoms with Crippen LogP contribution in [0, 0.1) is 6.92 Å². The summed E-state index contributed by atoms with van der Waals surface area (Å²) in [4.78, 5) is 23.7. The van der Waals surface area contributed by atoms with Gasteiger partial charge in [0.25, 0.3) is 5.91 Å². The molecule has 0 aliphatic heterocycles. The van der Waals surface area contributed by atoms with E-state index in [2.05, 4.69) is 26.4 Å². The van der Waals surface area contributed by atoms with Gasteiger partial charge < -0.3 is 14.6 Å². The number of nitrogens with one attached hydrogen (secondary N) is 1. The van der Waals surface area contributed by atoms with E-state index in [1.807, 2.05) is 0 Å². The van der Waals surface area contributed by atoms with Gasteiger partial charge >= 0.3 is 5.97 Å². The van der Waals surface area contributed by atoms with E-state index in [1.54, 1.807) is 37.3 Å². The van der Waals surface area contributed by atoms with Gasteiger partial charge in [0.15, 0.2) is 11.9 Å². The molecule has 1 unspecified atom stereocenters. The van der Waals surface area contributed by atoms with E-state index in [0.717, 1.165) is 4.47 Å². The van der Waals surface area contributed by atoms with Crippen molar-refractivity contribution < 1.29 is 18.8 Å². The third-order valence-electron chi connectivity index (χ3n) is 2.61. The summed E-state index contributed by atoms with van der Waals surface area (Å²) in [6.45, 7) is 3.19. The summed E-state index contributed by atoms with van der Waals surface area (Å²) >= 11 is 3.28. The van der Waals surface area contributed by atoms with Crippen LogP contribution in [0.3, 0.4) is 0 Å². The summed E-state index contributed by atoms with van der Waals surface area (Å²) in [7, 11) is 0. The molecule has 2 aromatic rings. The highest BCUT2D eigenvalue weighted by molar-refractivity contribution is 9.10. The maximum atomic E-state index is 11.9. The molecule has 0 saturated carbocycles. The largest absolute Gasteiger partial charge is 0.449 e. The van der Waals surface area contributed by atoms with Crippen molar-refractivity contribution in [2.45, 2.75) is 20.0 Å². The van der Waals surface area contributed by atoms with Crippen LogP contribution in [-0.4, -0.2) is 23.1 Å². The second-order valence-electron chi connectivity index (χ2n) is 4.37. The smallest absolute Gasteiger partial charge is 0.338 e. The zero-order valence-corrected chi connectivity index (χ0v) is 13.0. The van der Waals surface area contributed by atoms with Gasteiger partial charge in [-0.2, -0.15) is 0 Å². The molecule has 0 saturated heterocycles. The summed E-state index contributed by atoms with van der Waals surface area (Å²) in [5, 5.41) is 6.13. The lowest BCUT2D eigenvalue weighted by atomic mass is 10.2. The Hall–Kier alpha value is -2.15. The van der Waals surface area contributed by atoms with Crippen molar-refractivity contribution in [3.8, 4) is 0 Å². The minimum Gasteiger partial charge on any atom is -0.449 e. The van der Waals surface area contributed by atoms with E-state index in [4.69, 9.17) is 9.26 Å². The number of carbonyl (C=O) groups excluding carboxylic acids is 2. The molecule has 0 radical (unpaired) electrons. The molecular formula is C14H13BrN2O4. The molecule has 0 aliphatic carbocycles. The summed E-state index contributed by atoms with van der Waals surface area (Å²) in [5.41, 5.74) is 0.370. The highest BCUT2D eigenvalue weighted by atomic mass is 79.9. The molecule has 0 spiro atoms. The number of benzene rings is 1. The van der Waals surface area contributed by atoms with Crippen LogP contribution >= 0.6 is 15.9 Å². The number of nitrogens with zero attached hydrogens (tertiary/aromatic N) is 1. The molecule has 1 atom stereocenters. The van der Waals surface area contributed by atoms with Gasteiger partial charge in [0.2, 0.25) is 0 Å². The van der Waals surface area contributed by atoms with E-state index in [-0.39, 0.29) is 5.82 Å². The van der Waals surface area contributed by atoms with Crippen LogP contribution < -0.4 is 5.32 Å². The molecule has 0 aliphatic rings. The Morgan fingerprint density at radius 3 is 2.57 bits per heavy atom. The van der Waals surface area contributed by atoms with Gasteiger partial charge in [-0.3, -0.25) is 4.79 Å². The fourth-order valence-electron chi connectivity index (χ4n) is 1.52. The minimum absolute atomic E-state index is 0.282. The van der Waals surface area contributed by atoms with Crippen LogP contribution in [0.4, 0.5) is 5.82 Å². The predicted molar refractivity (Wildman–Crippen MR) is 78.9 cm³/mol. The van der Waals surface area contributed by atoms with Gasteiger partial charge in [0, 0.05) is 10.5 Å². The van der Waals surface area contributed by atoms with Crippen LogP contribution in [0.1, 0.15) is 23.0 Å². The van der Waals surface area contributed by atoms with Crippen LogP contribution in [0.15, 0.2) is 39.3 Å². The fourth-order valence-corrected chi connectivity index (χ4v) is 1.79. The third kappa shape index (κ3) is 4.16. The summed E-state index contributed by atoms with van der Waals surface area (Å²) in [5.74, 6) is -0.191. The molecule has 110 valence electrons. The zero-order valence-electron chi connectivity index (χ0n) is 11.4. The van der Waals surface area contributed by atoms with Crippen molar-refractivity contribution in [1.82, 2.24) is 5.16 Å². The molecule has 1 aromatic heterocycles. The summed E-state index contributed by atoms with van der Waals surface area (Å²) < 4.78 is 10.8. The Labute approximate surface area is 129 Å². The highest BCUT2D eigenvalue weighted by Crippen LogP contribution is 2.13. The van der Waals surface area contributed by atoms with Gasteiger partial charge in [-0.25, -0.2) is 4.79 Å². The topological polar surface area (TPSA) is 81.4 Å². The number of hydrogen-bond donors (Lipinski definition) is 1. The van der Waals surface area contributed by atoms with Gasteiger partial charge in [-0.1, -0.05) is 21.1 Å². The van der Waals surface area contributed by atoms with Gasteiger partial charge in [-0.05, 0) is 38.1 Å². The van der Waals surface area contributed by atoms with Crippen molar-refractivity contribution in [2.24, 2.45) is 0 Å². The number of aryl methyl sites for hydroxylation is 1. The van der Waals surface area contributed by atoms with Crippen LogP contribution in [-0.2, 0) is 9.53 Å². The molecule has 7 heteroatoms. The number of rotatable bonds is 4. The summed E-state index contributed by atoms with van der Waals surface area (Å²) in [6, 6.07) is 8.23. The molecular weight excluding hydrogens is 340 g/mol. The van der Waals surface area contributed by atoms with Crippen molar-refractivity contribution in [2.75, 3.05) is 5.32 Å². The second-order valence-corrected chi connectivity index (χ2v) is 5.28. The van der Waals surface area contributed by atoms with E-state index < -0.39 is 18.0 Å². The number of aromatic nitrogens is 1. The number of carbonyl (C=O) groups is 2. The van der Waals surface area contributed by atoms with E-state index in [0.29, 0.717) is 11.3 Å². The van der Waals surface area contributed by atoms with E-state index in [9.17, 15) is 9.59 Å². The number of amides is 1. The number of anilines is 1. The van der Waals surface area contributed by atoms with Crippen molar-refractivity contribution in [3.63, 3.8) is 0 Å². The van der Waals surface area contributed by atoms with Gasteiger partial charge in [0.05, 0.1) is 5.56 Å². The molecule has 0 bridgehead atoms. The van der Waals surface area contributed by atoms with E-state index in [1.165, 1.54) is 6.92 Å². The Bertz CT molecular complexity index is 651. The lowest BCUT2D eigenvalue weighted by molar-refractivity contribution is -0.123. The fraction of sp³-hybridized carbons (Fsp3) is 0.214. The highest BCUT2D eigenvalue weighted by Gasteiger charge is 2.20. The first kappa shape index (κ1) is 15.2. The molecule has 1 amide bonds. The Morgan fingerprint density at radius 1 is 1.33 bits per heavy atom. The number of halogens is 1. The normalized spacial score (nSPS) is 11.8. The Kier molecular flexibility index (Phi) is 4.74. The monoisotopic (exact) mass is 352 g/mol. The summed E-state index contributed by atoms with van der Waals surface area (Å²) in [6.07, 6.45) is -0.946. The molecule has 1 heterocycles. The zero-order chi connectivity index (χ0) is 15.4. The molecule has 2 rings (SSSR count). The van der Waals surface area contributed by atoms with E-state index >= 15 is 0 Å². The van der Waals surface area contributed by atoms with Crippen molar-refractivity contribution in [1.29, 1.82) is 0 Å². The molecule has 21 heavy (non-hydrogen) atoms. The minimum atomic E-state index is -0.946. The van der Waals surface area contributed by atoms with Crippen LogP contribution in [0.5, 0.6) is 0 Å². The quantitative estimate of drug-likeness (QED) is 0.855. The average molecular weight is 353 g/mol. The van der Waals surface area contributed by atoms with Crippen LogP contribution in [0.2, 0.25) is 0 Å². The van der Waals surface area contributed by atoms with Gasteiger partial charge in [-0.15, -0.1) is 0 Å². The lowest BCUT2D eigenvalue weighted by Gasteiger charge is -2.12. The Morgan fingerprint density at radius 2 is 2.00 bits per heavy atom. The maximum absolute atomic E-state index is 11.9. The third-order valence-corrected chi connectivity index (χ3v) is 3.14.